The van der Waals surface area contributed by atoms with Crippen LogP contribution in [-0.4, -0.2) is 5.11 Å². The SMILES string of the molecule is Cc1c(O)ccc(Cc2ccccc2)[n+]1[O-]. The highest BCUT2D eigenvalue weighted by Gasteiger charge is 2.12. The molecule has 1 aromatic heterocycles. The minimum absolute atomic E-state index is 0.0341. The van der Waals surface area contributed by atoms with Crippen molar-refractivity contribution in [3.05, 3.63) is 64.6 Å². The molecule has 0 saturated heterocycles. The van der Waals surface area contributed by atoms with Crippen molar-refractivity contribution >= 4 is 0 Å². The van der Waals surface area contributed by atoms with Gasteiger partial charge in [-0.2, -0.15) is 4.73 Å². The van der Waals surface area contributed by atoms with Gasteiger partial charge in [0.1, 0.15) is 0 Å². The largest absolute Gasteiger partial charge is 0.618 e. The van der Waals surface area contributed by atoms with Gasteiger partial charge < -0.3 is 10.3 Å². The van der Waals surface area contributed by atoms with E-state index in [9.17, 15) is 10.3 Å². The smallest absolute Gasteiger partial charge is 0.231 e. The quantitative estimate of drug-likeness (QED) is 0.614. The van der Waals surface area contributed by atoms with Gasteiger partial charge in [0.25, 0.3) is 0 Å². The molecule has 0 aliphatic heterocycles. The van der Waals surface area contributed by atoms with Gasteiger partial charge in [-0.1, -0.05) is 30.3 Å². The Morgan fingerprint density at radius 3 is 2.50 bits per heavy atom. The summed E-state index contributed by atoms with van der Waals surface area (Å²) in [6.45, 7) is 1.61. The summed E-state index contributed by atoms with van der Waals surface area (Å²) in [7, 11) is 0. The maximum atomic E-state index is 11.8. The molecule has 0 aliphatic carbocycles. The molecule has 1 heterocycles. The van der Waals surface area contributed by atoms with Gasteiger partial charge >= 0.3 is 0 Å². The summed E-state index contributed by atoms with van der Waals surface area (Å²) in [6.07, 6.45) is 0.575. The third-order valence-corrected chi connectivity index (χ3v) is 2.60. The van der Waals surface area contributed by atoms with E-state index in [0.717, 1.165) is 10.3 Å². The third-order valence-electron chi connectivity index (χ3n) is 2.60. The Morgan fingerprint density at radius 1 is 1.12 bits per heavy atom. The third kappa shape index (κ3) is 1.98. The van der Waals surface area contributed by atoms with Crippen LogP contribution < -0.4 is 4.73 Å². The van der Waals surface area contributed by atoms with Crippen LogP contribution in [0.4, 0.5) is 0 Å². The van der Waals surface area contributed by atoms with Crippen LogP contribution in [0.2, 0.25) is 0 Å². The molecule has 1 N–H and O–H groups in total. The van der Waals surface area contributed by atoms with Crippen LogP contribution in [0.1, 0.15) is 17.0 Å². The zero-order valence-corrected chi connectivity index (χ0v) is 9.05. The van der Waals surface area contributed by atoms with Crippen molar-refractivity contribution in [1.82, 2.24) is 0 Å². The lowest BCUT2D eigenvalue weighted by Gasteiger charge is -2.08. The monoisotopic (exact) mass is 215 g/mol. The first-order chi connectivity index (χ1) is 7.68. The van der Waals surface area contributed by atoms with Crippen LogP contribution in [-0.2, 0) is 6.42 Å². The highest BCUT2D eigenvalue weighted by atomic mass is 16.5. The first-order valence-corrected chi connectivity index (χ1v) is 5.13. The van der Waals surface area contributed by atoms with E-state index >= 15 is 0 Å². The maximum absolute atomic E-state index is 11.8. The molecule has 1 aromatic carbocycles. The molecule has 0 amide bonds. The molecule has 2 aromatic rings. The first-order valence-electron chi connectivity index (χ1n) is 5.13. The molecule has 3 nitrogen and oxygen atoms in total. The van der Waals surface area contributed by atoms with E-state index in [1.165, 1.54) is 0 Å². The Hall–Kier alpha value is -2.03. The molecule has 82 valence electrons. The normalized spacial score (nSPS) is 10.3. The zero-order chi connectivity index (χ0) is 11.5. The molecule has 0 radical (unpaired) electrons. The number of rotatable bonds is 2. The van der Waals surface area contributed by atoms with E-state index in [1.54, 1.807) is 19.1 Å². The van der Waals surface area contributed by atoms with Gasteiger partial charge in [0.05, 0.1) is 6.42 Å². The fraction of sp³-hybridized carbons (Fsp3) is 0.154. The lowest BCUT2D eigenvalue weighted by atomic mass is 10.1. The molecule has 0 aliphatic rings. The number of benzene rings is 1. The second-order valence-electron chi connectivity index (χ2n) is 3.75. The van der Waals surface area contributed by atoms with Gasteiger partial charge in [-0.05, 0) is 11.6 Å². The predicted molar refractivity (Wildman–Crippen MR) is 61.1 cm³/mol. The molecule has 0 atom stereocenters. The van der Waals surface area contributed by atoms with E-state index in [4.69, 9.17) is 0 Å². The van der Waals surface area contributed by atoms with Crippen molar-refractivity contribution in [2.45, 2.75) is 13.3 Å². The highest BCUT2D eigenvalue weighted by molar-refractivity contribution is 5.25. The van der Waals surface area contributed by atoms with Crippen LogP contribution >= 0.6 is 0 Å². The van der Waals surface area contributed by atoms with Crippen LogP contribution in [0, 0.1) is 12.1 Å². The van der Waals surface area contributed by atoms with Gasteiger partial charge in [0.2, 0.25) is 5.69 Å². The first kappa shape index (κ1) is 10.5. The number of aromatic hydroxyl groups is 1. The molecule has 0 bridgehead atoms. The predicted octanol–water partition coefficient (Wildman–Crippen LogP) is 1.92. The van der Waals surface area contributed by atoms with E-state index in [2.05, 4.69) is 0 Å². The van der Waals surface area contributed by atoms with Crippen molar-refractivity contribution in [3.63, 3.8) is 0 Å². The summed E-state index contributed by atoms with van der Waals surface area (Å²) in [5, 5.41) is 21.1. The van der Waals surface area contributed by atoms with Crippen LogP contribution in [0.3, 0.4) is 0 Å². The molecular formula is C13H13NO2. The average molecular weight is 215 g/mol. The Bertz CT molecular complexity index is 495. The van der Waals surface area contributed by atoms with Crippen molar-refractivity contribution in [3.8, 4) is 5.75 Å². The summed E-state index contributed by atoms with van der Waals surface area (Å²) >= 11 is 0. The van der Waals surface area contributed by atoms with Gasteiger partial charge in [-0.3, -0.25) is 0 Å². The summed E-state index contributed by atoms with van der Waals surface area (Å²) in [6, 6.07) is 13.0. The lowest BCUT2D eigenvalue weighted by Crippen LogP contribution is -2.35. The molecule has 0 spiro atoms. The van der Waals surface area contributed by atoms with Gasteiger partial charge in [-0.15, -0.1) is 0 Å². The zero-order valence-electron chi connectivity index (χ0n) is 9.05. The summed E-state index contributed by atoms with van der Waals surface area (Å²) in [5.74, 6) is 0.0341. The standard InChI is InChI=1S/C13H13NO2/c1-10-13(15)8-7-12(14(10)16)9-11-5-3-2-4-6-11/h2-8,15H,9H2,1H3. The molecule has 0 fully saturated rings. The van der Waals surface area contributed by atoms with E-state index < -0.39 is 0 Å². The Balaban J connectivity index is 2.33. The highest BCUT2D eigenvalue weighted by Crippen LogP contribution is 2.13. The lowest BCUT2D eigenvalue weighted by molar-refractivity contribution is -0.620. The van der Waals surface area contributed by atoms with Crippen molar-refractivity contribution in [1.29, 1.82) is 0 Å². The minimum atomic E-state index is 0.0341. The number of hydrogen-bond acceptors (Lipinski definition) is 2. The van der Waals surface area contributed by atoms with Crippen molar-refractivity contribution < 1.29 is 9.84 Å². The van der Waals surface area contributed by atoms with E-state index in [0.29, 0.717) is 17.8 Å². The molecule has 2 rings (SSSR count). The summed E-state index contributed by atoms with van der Waals surface area (Å²) in [5.41, 5.74) is 2.06. The Labute approximate surface area is 94.2 Å². The fourth-order valence-electron chi connectivity index (χ4n) is 1.62. The topological polar surface area (TPSA) is 47.2 Å². The van der Waals surface area contributed by atoms with Crippen molar-refractivity contribution in [2.75, 3.05) is 0 Å². The Morgan fingerprint density at radius 2 is 1.81 bits per heavy atom. The van der Waals surface area contributed by atoms with Gasteiger partial charge in [0.15, 0.2) is 11.4 Å². The number of aromatic nitrogens is 1. The van der Waals surface area contributed by atoms with Crippen LogP contribution in [0.25, 0.3) is 0 Å². The van der Waals surface area contributed by atoms with Crippen LogP contribution in [0.5, 0.6) is 5.75 Å². The van der Waals surface area contributed by atoms with E-state index in [-0.39, 0.29) is 5.75 Å². The molecular weight excluding hydrogens is 202 g/mol. The second-order valence-corrected chi connectivity index (χ2v) is 3.75. The minimum Gasteiger partial charge on any atom is -0.618 e. The molecule has 3 heteroatoms. The van der Waals surface area contributed by atoms with Crippen molar-refractivity contribution in [2.24, 2.45) is 0 Å². The van der Waals surface area contributed by atoms with Crippen LogP contribution in [0.15, 0.2) is 42.5 Å². The molecule has 16 heavy (non-hydrogen) atoms. The molecule has 0 saturated carbocycles. The number of pyridine rings is 1. The molecule has 0 unspecified atom stereocenters. The number of nitrogens with zero attached hydrogens (tertiary/aromatic N) is 1. The van der Waals surface area contributed by atoms with E-state index in [1.807, 2.05) is 30.3 Å². The number of hydrogen-bond donors (Lipinski definition) is 1. The summed E-state index contributed by atoms with van der Waals surface area (Å²) < 4.78 is 0.780. The summed E-state index contributed by atoms with van der Waals surface area (Å²) in [4.78, 5) is 0. The second kappa shape index (κ2) is 4.23. The maximum Gasteiger partial charge on any atom is 0.231 e. The average Bonchev–Trinajstić information content (AvgIpc) is 2.31. The van der Waals surface area contributed by atoms with Gasteiger partial charge in [0, 0.05) is 13.0 Å². The Kier molecular flexibility index (Phi) is 2.77. The fourth-order valence-corrected chi connectivity index (χ4v) is 1.62. The van der Waals surface area contributed by atoms with Gasteiger partial charge in [-0.25, -0.2) is 0 Å².